The van der Waals surface area contributed by atoms with Crippen molar-refractivity contribution < 1.29 is 23.8 Å². The molecule has 0 radical (unpaired) electrons. The molecule has 2 aromatic rings. The summed E-state index contributed by atoms with van der Waals surface area (Å²) in [6, 6.07) is 13.3. The van der Waals surface area contributed by atoms with E-state index in [4.69, 9.17) is 26.4 Å². The molecule has 1 atom stereocenters. The van der Waals surface area contributed by atoms with Crippen LogP contribution < -0.4 is 20.1 Å². The molecule has 0 aliphatic carbocycles. The third-order valence-electron chi connectivity index (χ3n) is 4.58. The Morgan fingerprint density at radius 2 is 1.74 bits per heavy atom. The molecule has 1 aliphatic heterocycles. The van der Waals surface area contributed by atoms with E-state index >= 15 is 0 Å². The molecular weight excluding hydrogens is 416 g/mol. The SMILES string of the molecule is CCOC(=O)C1=C(C)NC(=S)N[C@H]1c1ccc(OC(=O)c2ccccc2)c(OCC)c1. The molecule has 0 bridgehead atoms. The Balaban J connectivity index is 1.95. The van der Waals surface area contributed by atoms with Crippen molar-refractivity contribution in [2.45, 2.75) is 26.8 Å². The zero-order chi connectivity index (χ0) is 22.4. The van der Waals surface area contributed by atoms with Gasteiger partial charge in [0.1, 0.15) is 0 Å². The van der Waals surface area contributed by atoms with Gasteiger partial charge in [-0.15, -0.1) is 0 Å². The van der Waals surface area contributed by atoms with Crippen LogP contribution in [0.25, 0.3) is 0 Å². The van der Waals surface area contributed by atoms with Gasteiger partial charge in [-0.1, -0.05) is 24.3 Å². The molecule has 8 heteroatoms. The minimum Gasteiger partial charge on any atom is -0.490 e. The van der Waals surface area contributed by atoms with Gasteiger partial charge in [-0.25, -0.2) is 9.59 Å². The Kier molecular flexibility index (Phi) is 7.25. The zero-order valence-corrected chi connectivity index (χ0v) is 18.4. The summed E-state index contributed by atoms with van der Waals surface area (Å²) >= 11 is 5.28. The van der Waals surface area contributed by atoms with Gasteiger partial charge in [-0.05, 0) is 62.8 Å². The highest BCUT2D eigenvalue weighted by atomic mass is 32.1. The summed E-state index contributed by atoms with van der Waals surface area (Å²) in [7, 11) is 0. The number of nitrogens with one attached hydrogen (secondary N) is 2. The highest BCUT2D eigenvalue weighted by molar-refractivity contribution is 7.80. The van der Waals surface area contributed by atoms with Gasteiger partial charge in [0.05, 0.1) is 30.4 Å². The molecule has 0 saturated carbocycles. The summed E-state index contributed by atoms with van der Waals surface area (Å²) in [5.74, 6) is -0.255. The van der Waals surface area contributed by atoms with E-state index in [9.17, 15) is 9.59 Å². The van der Waals surface area contributed by atoms with Gasteiger partial charge in [0.15, 0.2) is 16.6 Å². The summed E-state index contributed by atoms with van der Waals surface area (Å²) in [6.07, 6.45) is 0. The molecule has 7 nitrogen and oxygen atoms in total. The van der Waals surface area contributed by atoms with Crippen LogP contribution in [0.15, 0.2) is 59.8 Å². The van der Waals surface area contributed by atoms with Crippen LogP contribution in [0.4, 0.5) is 0 Å². The van der Waals surface area contributed by atoms with Crippen molar-refractivity contribution in [1.82, 2.24) is 10.6 Å². The summed E-state index contributed by atoms with van der Waals surface area (Å²) in [4.78, 5) is 25.0. The summed E-state index contributed by atoms with van der Waals surface area (Å²) in [5.41, 5.74) is 2.19. The first-order valence-electron chi connectivity index (χ1n) is 9.94. The van der Waals surface area contributed by atoms with Gasteiger partial charge in [0, 0.05) is 5.70 Å². The number of hydrogen-bond acceptors (Lipinski definition) is 6. The molecular formula is C23H24N2O5S. The molecule has 1 aliphatic rings. The molecule has 162 valence electrons. The minimum atomic E-state index is -0.536. The molecule has 31 heavy (non-hydrogen) atoms. The first kappa shape index (κ1) is 22.3. The number of benzene rings is 2. The smallest absolute Gasteiger partial charge is 0.343 e. The molecule has 0 unspecified atom stereocenters. The van der Waals surface area contributed by atoms with E-state index in [1.165, 1.54) is 0 Å². The van der Waals surface area contributed by atoms with Crippen molar-refractivity contribution in [1.29, 1.82) is 0 Å². The number of hydrogen-bond donors (Lipinski definition) is 2. The van der Waals surface area contributed by atoms with Gasteiger partial charge >= 0.3 is 11.9 Å². The fourth-order valence-electron chi connectivity index (χ4n) is 3.21. The first-order chi connectivity index (χ1) is 14.9. The van der Waals surface area contributed by atoms with Crippen molar-refractivity contribution in [3.8, 4) is 11.5 Å². The lowest BCUT2D eigenvalue weighted by Crippen LogP contribution is -2.45. The number of carbonyl (C=O) groups excluding carboxylic acids is 2. The van der Waals surface area contributed by atoms with Crippen LogP contribution in [0, 0.1) is 0 Å². The van der Waals surface area contributed by atoms with Crippen LogP contribution in [0.2, 0.25) is 0 Å². The number of ether oxygens (including phenoxy) is 3. The van der Waals surface area contributed by atoms with E-state index in [-0.39, 0.29) is 12.4 Å². The maximum absolute atomic E-state index is 12.6. The lowest BCUT2D eigenvalue weighted by molar-refractivity contribution is -0.139. The number of carbonyl (C=O) groups is 2. The molecule has 0 spiro atoms. The second kappa shape index (κ2) is 10.1. The Morgan fingerprint density at radius 1 is 1.00 bits per heavy atom. The lowest BCUT2D eigenvalue weighted by Gasteiger charge is -2.30. The number of esters is 2. The quantitative estimate of drug-likeness (QED) is 0.383. The molecule has 1 heterocycles. The largest absolute Gasteiger partial charge is 0.490 e. The Bertz CT molecular complexity index is 1020. The van der Waals surface area contributed by atoms with E-state index in [2.05, 4.69) is 10.6 Å². The van der Waals surface area contributed by atoms with Crippen LogP contribution in [0.3, 0.4) is 0 Å². The highest BCUT2D eigenvalue weighted by Gasteiger charge is 2.31. The average Bonchev–Trinajstić information content (AvgIpc) is 2.75. The molecule has 2 aromatic carbocycles. The zero-order valence-electron chi connectivity index (χ0n) is 17.6. The van der Waals surface area contributed by atoms with Crippen molar-refractivity contribution in [2.75, 3.05) is 13.2 Å². The van der Waals surface area contributed by atoms with E-state index < -0.39 is 18.0 Å². The maximum atomic E-state index is 12.6. The topological polar surface area (TPSA) is 85.9 Å². The molecule has 0 fully saturated rings. The van der Waals surface area contributed by atoms with E-state index in [1.807, 2.05) is 13.0 Å². The molecule has 3 rings (SSSR count). The van der Waals surface area contributed by atoms with Crippen LogP contribution >= 0.6 is 12.2 Å². The van der Waals surface area contributed by atoms with Crippen molar-refractivity contribution in [2.24, 2.45) is 0 Å². The Labute approximate surface area is 186 Å². The van der Waals surface area contributed by atoms with Gasteiger partial charge in [-0.3, -0.25) is 0 Å². The summed E-state index contributed by atoms with van der Waals surface area (Å²) in [6.45, 7) is 5.98. The fourth-order valence-corrected chi connectivity index (χ4v) is 3.48. The van der Waals surface area contributed by atoms with Crippen LogP contribution in [0.1, 0.15) is 42.7 Å². The van der Waals surface area contributed by atoms with Crippen molar-refractivity contribution in [3.63, 3.8) is 0 Å². The maximum Gasteiger partial charge on any atom is 0.343 e. The van der Waals surface area contributed by atoms with E-state index in [0.717, 1.165) is 0 Å². The predicted octanol–water partition coefficient (Wildman–Crippen LogP) is 3.66. The Morgan fingerprint density at radius 3 is 2.42 bits per heavy atom. The third-order valence-corrected chi connectivity index (χ3v) is 4.80. The van der Waals surface area contributed by atoms with Gasteiger partial charge < -0.3 is 24.8 Å². The standard InChI is InChI=1S/C23H24N2O5S/c1-4-28-18-13-16(11-12-17(18)30-21(26)15-9-7-6-8-10-15)20-19(22(27)29-5-2)14(3)24-23(31)25-20/h6-13,20H,4-5H2,1-3H3,(H2,24,25,31)/t20-/m0/s1. The summed E-state index contributed by atoms with van der Waals surface area (Å²) in [5, 5.41) is 6.46. The second-order valence-corrected chi connectivity index (χ2v) is 7.09. The lowest BCUT2D eigenvalue weighted by atomic mass is 9.95. The van der Waals surface area contributed by atoms with Crippen LogP contribution in [-0.2, 0) is 9.53 Å². The van der Waals surface area contributed by atoms with Gasteiger partial charge in [-0.2, -0.15) is 0 Å². The normalized spacial score (nSPS) is 15.6. The van der Waals surface area contributed by atoms with Gasteiger partial charge in [0.2, 0.25) is 0 Å². The third kappa shape index (κ3) is 5.21. The highest BCUT2D eigenvalue weighted by Crippen LogP contribution is 2.35. The summed E-state index contributed by atoms with van der Waals surface area (Å²) < 4.78 is 16.5. The molecule has 0 aromatic heterocycles. The molecule has 0 saturated heterocycles. The average molecular weight is 441 g/mol. The first-order valence-corrected chi connectivity index (χ1v) is 10.3. The van der Waals surface area contributed by atoms with E-state index in [1.54, 1.807) is 56.3 Å². The fraction of sp³-hybridized carbons (Fsp3) is 0.261. The monoisotopic (exact) mass is 440 g/mol. The predicted molar refractivity (Wildman–Crippen MR) is 120 cm³/mol. The molecule has 0 amide bonds. The van der Waals surface area contributed by atoms with Crippen LogP contribution in [-0.4, -0.2) is 30.3 Å². The van der Waals surface area contributed by atoms with Crippen molar-refractivity contribution in [3.05, 3.63) is 70.9 Å². The molecule has 2 N–H and O–H groups in total. The van der Waals surface area contributed by atoms with E-state index in [0.29, 0.717) is 39.9 Å². The number of rotatable bonds is 7. The number of allylic oxidation sites excluding steroid dienone is 1. The second-order valence-electron chi connectivity index (χ2n) is 6.69. The minimum absolute atomic E-state index is 0.255. The van der Waals surface area contributed by atoms with Crippen molar-refractivity contribution >= 4 is 29.3 Å². The Hall–Kier alpha value is -3.39. The number of thiocarbonyl (C=S) groups is 1. The van der Waals surface area contributed by atoms with Crippen LogP contribution in [0.5, 0.6) is 11.5 Å². The van der Waals surface area contributed by atoms with Gasteiger partial charge in [0.25, 0.3) is 0 Å².